The molecule has 2 rings (SSSR count). The summed E-state index contributed by atoms with van der Waals surface area (Å²) < 4.78 is 5.67. The Morgan fingerprint density at radius 3 is 2.91 bits per heavy atom. The van der Waals surface area contributed by atoms with Gasteiger partial charge in [-0.05, 0) is 62.4 Å². The van der Waals surface area contributed by atoms with Crippen molar-refractivity contribution in [2.75, 3.05) is 26.2 Å². The van der Waals surface area contributed by atoms with E-state index >= 15 is 0 Å². The third-order valence-corrected chi connectivity index (χ3v) is 4.35. The van der Waals surface area contributed by atoms with Crippen molar-refractivity contribution < 1.29 is 9.53 Å². The Morgan fingerprint density at radius 1 is 1.41 bits per heavy atom. The van der Waals surface area contributed by atoms with Crippen molar-refractivity contribution in [1.29, 1.82) is 0 Å². The molecular formula is C19H29NO2. The number of carbonyl (C=O) groups is 1. The fourth-order valence-electron chi connectivity index (χ4n) is 3.09. The van der Waals surface area contributed by atoms with Gasteiger partial charge in [0.15, 0.2) is 5.78 Å². The van der Waals surface area contributed by atoms with Gasteiger partial charge in [-0.3, -0.25) is 4.79 Å². The number of ether oxygens (including phenoxy) is 1. The highest BCUT2D eigenvalue weighted by molar-refractivity contribution is 5.96. The van der Waals surface area contributed by atoms with Crippen LogP contribution in [0.1, 0.15) is 55.5 Å². The zero-order chi connectivity index (χ0) is 15.9. The smallest absolute Gasteiger partial charge is 0.164 e. The van der Waals surface area contributed by atoms with Crippen molar-refractivity contribution in [2.45, 2.75) is 46.5 Å². The molecule has 1 aliphatic rings. The van der Waals surface area contributed by atoms with Crippen LogP contribution >= 0.6 is 0 Å². The molecule has 1 aliphatic heterocycles. The Kier molecular flexibility index (Phi) is 6.44. The first-order valence-electron chi connectivity index (χ1n) is 8.59. The number of Topliss-reactive ketones (excluding diaryl/α,β-unsaturated/α-hetero) is 1. The minimum absolute atomic E-state index is 0.239. The molecule has 1 unspecified atom stereocenters. The highest BCUT2D eigenvalue weighted by atomic mass is 16.5. The molecule has 1 fully saturated rings. The number of hydrogen-bond acceptors (Lipinski definition) is 3. The van der Waals surface area contributed by atoms with Crippen molar-refractivity contribution in [1.82, 2.24) is 4.90 Å². The van der Waals surface area contributed by atoms with E-state index in [0.29, 0.717) is 6.42 Å². The molecule has 122 valence electrons. The quantitative estimate of drug-likeness (QED) is 0.711. The summed E-state index contributed by atoms with van der Waals surface area (Å²) in [6, 6.07) is 5.80. The summed E-state index contributed by atoms with van der Waals surface area (Å²) in [6.07, 6.45) is 4.19. The van der Waals surface area contributed by atoms with E-state index in [1.54, 1.807) is 0 Å². The van der Waals surface area contributed by atoms with Crippen molar-refractivity contribution in [3.05, 3.63) is 29.3 Å². The maximum Gasteiger partial charge on any atom is 0.164 e. The number of rotatable bonds is 7. The second-order valence-corrected chi connectivity index (χ2v) is 6.55. The summed E-state index contributed by atoms with van der Waals surface area (Å²) in [5, 5.41) is 0. The maximum atomic E-state index is 12.4. The second kappa shape index (κ2) is 8.33. The van der Waals surface area contributed by atoms with Crippen LogP contribution in [0.5, 0.6) is 5.75 Å². The maximum absolute atomic E-state index is 12.4. The molecule has 1 aromatic rings. The predicted octanol–water partition coefficient (Wildman–Crippen LogP) is 4.09. The molecule has 1 aromatic carbocycles. The summed E-state index contributed by atoms with van der Waals surface area (Å²) in [5.41, 5.74) is 1.86. The number of carbonyl (C=O) groups excluding carboxylic acids is 1. The third kappa shape index (κ3) is 4.84. The largest absolute Gasteiger partial charge is 0.493 e. The summed E-state index contributed by atoms with van der Waals surface area (Å²) in [7, 11) is 0. The van der Waals surface area contributed by atoms with Crippen molar-refractivity contribution in [3.63, 3.8) is 0 Å². The van der Waals surface area contributed by atoms with Gasteiger partial charge in [0.2, 0.25) is 0 Å². The average Bonchev–Trinajstić information content (AvgIpc) is 2.51. The van der Waals surface area contributed by atoms with E-state index < -0.39 is 0 Å². The number of ketones is 1. The van der Waals surface area contributed by atoms with E-state index in [1.807, 2.05) is 25.1 Å². The Bertz CT molecular complexity index is 498. The fraction of sp³-hybridized carbons (Fsp3) is 0.632. The highest BCUT2D eigenvalue weighted by Crippen LogP contribution is 2.21. The van der Waals surface area contributed by atoms with Gasteiger partial charge in [0.05, 0.1) is 6.61 Å². The lowest BCUT2D eigenvalue weighted by molar-refractivity contribution is 0.0949. The molecule has 1 saturated heterocycles. The van der Waals surface area contributed by atoms with Gasteiger partial charge in [-0.15, -0.1) is 0 Å². The summed E-state index contributed by atoms with van der Waals surface area (Å²) in [5.74, 6) is 1.90. The number of piperidine rings is 1. The molecule has 0 bridgehead atoms. The molecule has 0 aromatic heterocycles. The average molecular weight is 303 g/mol. The van der Waals surface area contributed by atoms with Crippen LogP contribution in [0, 0.1) is 12.8 Å². The van der Waals surface area contributed by atoms with Gasteiger partial charge in [0, 0.05) is 25.1 Å². The molecule has 0 saturated carbocycles. The number of nitrogens with zero attached hydrogens (tertiary/aromatic N) is 1. The standard InChI is InChI=1S/C19H29NO2/c1-4-12-22-19-8-7-17(13-16(19)3)18(21)9-11-20-10-5-6-15(2)14-20/h7-8,13,15H,4-6,9-12,14H2,1-3H3. The van der Waals surface area contributed by atoms with Crippen LogP contribution < -0.4 is 4.74 Å². The molecule has 0 N–H and O–H groups in total. The first-order chi connectivity index (χ1) is 10.6. The fourth-order valence-corrected chi connectivity index (χ4v) is 3.09. The van der Waals surface area contributed by atoms with E-state index in [4.69, 9.17) is 4.74 Å². The third-order valence-electron chi connectivity index (χ3n) is 4.35. The first kappa shape index (κ1) is 17.0. The normalized spacial score (nSPS) is 19.1. The van der Waals surface area contributed by atoms with E-state index in [2.05, 4.69) is 18.7 Å². The topological polar surface area (TPSA) is 29.5 Å². The molecule has 22 heavy (non-hydrogen) atoms. The first-order valence-corrected chi connectivity index (χ1v) is 8.59. The van der Waals surface area contributed by atoms with Gasteiger partial charge in [0.1, 0.15) is 5.75 Å². The molecule has 0 radical (unpaired) electrons. The summed E-state index contributed by atoms with van der Waals surface area (Å²) in [4.78, 5) is 14.8. The minimum atomic E-state index is 0.239. The van der Waals surface area contributed by atoms with E-state index in [9.17, 15) is 4.79 Å². The lowest BCUT2D eigenvalue weighted by Crippen LogP contribution is -2.35. The highest BCUT2D eigenvalue weighted by Gasteiger charge is 2.17. The Balaban J connectivity index is 1.88. The van der Waals surface area contributed by atoms with Gasteiger partial charge in [-0.25, -0.2) is 0 Å². The number of likely N-dealkylation sites (tertiary alicyclic amines) is 1. The number of aryl methyl sites for hydroxylation is 1. The zero-order valence-corrected chi connectivity index (χ0v) is 14.2. The van der Waals surface area contributed by atoms with E-state index in [1.165, 1.54) is 12.8 Å². The lowest BCUT2D eigenvalue weighted by atomic mass is 9.99. The second-order valence-electron chi connectivity index (χ2n) is 6.55. The monoisotopic (exact) mass is 303 g/mol. The van der Waals surface area contributed by atoms with Crippen LogP contribution in [0.3, 0.4) is 0 Å². The van der Waals surface area contributed by atoms with Crippen molar-refractivity contribution in [3.8, 4) is 5.75 Å². The molecule has 1 atom stereocenters. The van der Waals surface area contributed by atoms with Gasteiger partial charge in [0.25, 0.3) is 0 Å². The lowest BCUT2D eigenvalue weighted by Gasteiger charge is -2.30. The van der Waals surface area contributed by atoms with Crippen LogP contribution in [-0.4, -0.2) is 36.9 Å². The number of benzene rings is 1. The molecule has 1 heterocycles. The van der Waals surface area contributed by atoms with Crippen LogP contribution in [0.2, 0.25) is 0 Å². The molecule has 3 heteroatoms. The number of hydrogen-bond donors (Lipinski definition) is 0. The Labute approximate surface area is 134 Å². The van der Waals surface area contributed by atoms with Crippen LogP contribution in [0.15, 0.2) is 18.2 Å². The summed E-state index contributed by atoms with van der Waals surface area (Å²) >= 11 is 0. The van der Waals surface area contributed by atoms with Crippen LogP contribution in [0.25, 0.3) is 0 Å². The molecule has 3 nitrogen and oxygen atoms in total. The summed E-state index contributed by atoms with van der Waals surface area (Å²) in [6.45, 7) is 10.3. The SMILES string of the molecule is CCCOc1ccc(C(=O)CCN2CCCC(C)C2)cc1C. The van der Waals surface area contributed by atoms with Crippen LogP contribution in [-0.2, 0) is 0 Å². The molecule has 0 spiro atoms. The minimum Gasteiger partial charge on any atom is -0.493 e. The molecular weight excluding hydrogens is 274 g/mol. The Morgan fingerprint density at radius 2 is 2.23 bits per heavy atom. The van der Waals surface area contributed by atoms with E-state index in [-0.39, 0.29) is 5.78 Å². The van der Waals surface area contributed by atoms with Gasteiger partial charge < -0.3 is 9.64 Å². The van der Waals surface area contributed by atoms with Crippen molar-refractivity contribution >= 4 is 5.78 Å². The molecule has 0 aliphatic carbocycles. The van der Waals surface area contributed by atoms with Gasteiger partial charge in [-0.2, -0.15) is 0 Å². The van der Waals surface area contributed by atoms with Gasteiger partial charge >= 0.3 is 0 Å². The molecule has 0 amide bonds. The zero-order valence-electron chi connectivity index (χ0n) is 14.2. The van der Waals surface area contributed by atoms with Crippen LogP contribution in [0.4, 0.5) is 0 Å². The van der Waals surface area contributed by atoms with Crippen molar-refractivity contribution in [2.24, 2.45) is 5.92 Å². The van der Waals surface area contributed by atoms with Gasteiger partial charge in [-0.1, -0.05) is 13.8 Å². The Hall–Kier alpha value is -1.35. The van der Waals surface area contributed by atoms with E-state index in [0.717, 1.165) is 55.5 Å². The predicted molar refractivity (Wildman–Crippen MR) is 90.8 cm³/mol.